The van der Waals surface area contributed by atoms with Gasteiger partial charge < -0.3 is 16.2 Å². The van der Waals surface area contributed by atoms with E-state index < -0.39 is 17.4 Å². The van der Waals surface area contributed by atoms with Crippen molar-refractivity contribution in [2.45, 2.75) is 51.6 Å². The topological polar surface area (TPSA) is 88.2 Å². The number of benzene rings is 2. The maximum Gasteiger partial charge on any atom is 0.187 e. The van der Waals surface area contributed by atoms with Crippen LogP contribution >= 0.6 is 0 Å². The minimum Gasteiger partial charge on any atom is -0.503 e. The predicted octanol–water partition coefficient (Wildman–Crippen LogP) is 5.41. The standard InChI is InChI=1S/C25H27F2N3O2/c1-13(2)24(31)19-12-29-22-8-3-14(15-10-20(26)25(32)21(27)11-15)9-18(22)23(19)30-17-6-4-16(28)5-7-17/h3,8-13,16-17,32H,4-7,28H2,1-2H3,(H,29,30). The van der Waals surface area contributed by atoms with Crippen LogP contribution in [0.5, 0.6) is 5.75 Å². The minimum absolute atomic E-state index is 0.0264. The van der Waals surface area contributed by atoms with Gasteiger partial charge >= 0.3 is 0 Å². The summed E-state index contributed by atoms with van der Waals surface area (Å²) < 4.78 is 27.9. The largest absolute Gasteiger partial charge is 0.503 e. The van der Waals surface area contributed by atoms with E-state index in [-0.39, 0.29) is 29.3 Å². The van der Waals surface area contributed by atoms with Crippen LogP contribution in [0.4, 0.5) is 14.5 Å². The Morgan fingerprint density at radius 2 is 1.75 bits per heavy atom. The van der Waals surface area contributed by atoms with Crippen LogP contribution in [0.1, 0.15) is 49.9 Å². The highest BCUT2D eigenvalue weighted by atomic mass is 19.1. The van der Waals surface area contributed by atoms with Crippen molar-refractivity contribution in [3.8, 4) is 16.9 Å². The Labute approximate surface area is 185 Å². The molecule has 4 rings (SSSR count). The number of rotatable bonds is 5. The molecule has 5 nitrogen and oxygen atoms in total. The average Bonchev–Trinajstić information content (AvgIpc) is 2.78. The third-order valence-corrected chi connectivity index (χ3v) is 6.13. The highest BCUT2D eigenvalue weighted by molar-refractivity contribution is 6.09. The van der Waals surface area contributed by atoms with Gasteiger partial charge in [0.2, 0.25) is 0 Å². The zero-order chi connectivity index (χ0) is 23.0. The number of halogens is 2. The highest BCUT2D eigenvalue weighted by Gasteiger charge is 2.24. The van der Waals surface area contributed by atoms with Gasteiger partial charge in [-0.25, -0.2) is 8.78 Å². The Kier molecular flexibility index (Phi) is 6.11. The first-order chi connectivity index (χ1) is 15.2. The molecule has 0 unspecified atom stereocenters. The lowest BCUT2D eigenvalue weighted by molar-refractivity contribution is 0.0940. The van der Waals surface area contributed by atoms with E-state index >= 15 is 0 Å². The smallest absolute Gasteiger partial charge is 0.187 e. The number of nitrogens with one attached hydrogen (secondary N) is 1. The van der Waals surface area contributed by atoms with Crippen molar-refractivity contribution in [1.82, 2.24) is 4.98 Å². The molecule has 0 atom stereocenters. The maximum absolute atomic E-state index is 13.9. The van der Waals surface area contributed by atoms with Gasteiger partial charge in [0.15, 0.2) is 23.2 Å². The molecule has 0 aliphatic heterocycles. The second-order valence-corrected chi connectivity index (χ2v) is 8.84. The Morgan fingerprint density at radius 1 is 1.09 bits per heavy atom. The molecule has 4 N–H and O–H groups in total. The third kappa shape index (κ3) is 4.30. The number of ketones is 1. The quantitative estimate of drug-likeness (QED) is 0.463. The molecule has 168 valence electrons. The van der Waals surface area contributed by atoms with Crippen molar-refractivity contribution >= 4 is 22.4 Å². The molecule has 1 aliphatic carbocycles. The first kappa shape index (κ1) is 22.1. The molecule has 1 aromatic heterocycles. The van der Waals surface area contributed by atoms with Gasteiger partial charge in [-0.2, -0.15) is 0 Å². The van der Waals surface area contributed by atoms with Crippen LogP contribution in [0, 0.1) is 17.6 Å². The van der Waals surface area contributed by atoms with Gasteiger partial charge in [0.1, 0.15) is 0 Å². The van der Waals surface area contributed by atoms with Gasteiger partial charge in [-0.3, -0.25) is 9.78 Å². The monoisotopic (exact) mass is 439 g/mol. The van der Waals surface area contributed by atoms with Crippen LogP contribution < -0.4 is 11.1 Å². The normalized spacial score (nSPS) is 18.8. The molecular formula is C25H27F2N3O2. The predicted molar refractivity (Wildman–Crippen MR) is 122 cm³/mol. The number of anilines is 1. The molecule has 0 spiro atoms. The van der Waals surface area contributed by atoms with Gasteiger partial charge in [0.05, 0.1) is 16.8 Å². The number of pyridine rings is 1. The van der Waals surface area contributed by atoms with Crippen LogP contribution in [-0.4, -0.2) is 28.0 Å². The van der Waals surface area contributed by atoms with E-state index in [4.69, 9.17) is 5.73 Å². The second-order valence-electron chi connectivity index (χ2n) is 8.84. The first-order valence-electron chi connectivity index (χ1n) is 10.9. The molecule has 1 heterocycles. The molecule has 3 aromatic rings. The fourth-order valence-corrected chi connectivity index (χ4v) is 4.23. The van der Waals surface area contributed by atoms with Crippen LogP contribution in [0.15, 0.2) is 36.5 Å². The van der Waals surface area contributed by atoms with Crippen LogP contribution in [0.25, 0.3) is 22.0 Å². The number of aromatic hydroxyl groups is 1. The van der Waals surface area contributed by atoms with Crippen molar-refractivity contribution in [3.05, 3.63) is 53.7 Å². The highest BCUT2D eigenvalue weighted by Crippen LogP contribution is 2.35. The molecular weight excluding hydrogens is 412 g/mol. The van der Waals surface area contributed by atoms with Gasteiger partial charge in [-0.1, -0.05) is 19.9 Å². The third-order valence-electron chi connectivity index (χ3n) is 6.13. The fraction of sp³-hybridized carbons (Fsp3) is 0.360. The van der Waals surface area contributed by atoms with E-state index in [0.717, 1.165) is 37.8 Å². The summed E-state index contributed by atoms with van der Waals surface area (Å²) in [5.74, 6) is -3.30. The van der Waals surface area contributed by atoms with Crippen molar-refractivity contribution < 1.29 is 18.7 Å². The maximum atomic E-state index is 13.9. The molecule has 1 aliphatic rings. The zero-order valence-corrected chi connectivity index (χ0v) is 18.2. The SMILES string of the molecule is CC(C)C(=O)c1cnc2ccc(-c3cc(F)c(O)c(F)c3)cc2c1NC1CCC(N)CC1. The summed E-state index contributed by atoms with van der Waals surface area (Å²) in [6, 6.07) is 7.81. The number of fused-ring (bicyclic) bond motifs is 1. The van der Waals surface area contributed by atoms with Gasteiger partial charge in [-0.15, -0.1) is 0 Å². The zero-order valence-electron chi connectivity index (χ0n) is 18.2. The number of phenols is 1. The number of Topliss-reactive ketones (excluding diaryl/α,β-unsaturated/α-hetero) is 1. The van der Waals surface area contributed by atoms with Crippen molar-refractivity contribution in [1.29, 1.82) is 0 Å². The Bertz CT molecular complexity index is 1150. The van der Waals surface area contributed by atoms with E-state index in [1.807, 2.05) is 13.8 Å². The van der Waals surface area contributed by atoms with Gasteiger partial charge in [-0.05, 0) is 61.1 Å². The Hall–Kier alpha value is -3.06. The summed E-state index contributed by atoms with van der Waals surface area (Å²) in [7, 11) is 0. The molecule has 1 fully saturated rings. The molecule has 32 heavy (non-hydrogen) atoms. The number of nitrogens with zero attached hydrogens (tertiary/aromatic N) is 1. The summed E-state index contributed by atoms with van der Waals surface area (Å²) in [5, 5.41) is 13.7. The van der Waals surface area contributed by atoms with E-state index in [2.05, 4.69) is 10.3 Å². The number of hydrogen-bond donors (Lipinski definition) is 3. The van der Waals surface area contributed by atoms with Crippen molar-refractivity contribution in [3.63, 3.8) is 0 Å². The average molecular weight is 440 g/mol. The Morgan fingerprint density at radius 3 is 2.38 bits per heavy atom. The number of aromatic nitrogens is 1. The fourth-order valence-electron chi connectivity index (χ4n) is 4.23. The summed E-state index contributed by atoms with van der Waals surface area (Å²) >= 11 is 0. The van der Waals surface area contributed by atoms with E-state index in [9.17, 15) is 18.7 Å². The van der Waals surface area contributed by atoms with E-state index in [1.165, 1.54) is 0 Å². The van der Waals surface area contributed by atoms with Crippen LogP contribution in [-0.2, 0) is 0 Å². The molecule has 0 radical (unpaired) electrons. The lowest BCUT2D eigenvalue weighted by Gasteiger charge is -2.29. The number of carbonyl (C=O) groups excluding carboxylic acids is 1. The lowest BCUT2D eigenvalue weighted by atomic mass is 9.90. The summed E-state index contributed by atoms with van der Waals surface area (Å²) in [6.45, 7) is 3.68. The summed E-state index contributed by atoms with van der Waals surface area (Å²) in [4.78, 5) is 17.4. The van der Waals surface area contributed by atoms with Crippen LogP contribution in [0.2, 0.25) is 0 Å². The second kappa shape index (κ2) is 8.82. The van der Waals surface area contributed by atoms with Crippen molar-refractivity contribution in [2.24, 2.45) is 11.7 Å². The van der Waals surface area contributed by atoms with Gasteiger partial charge in [0, 0.05) is 29.6 Å². The van der Waals surface area contributed by atoms with E-state index in [0.29, 0.717) is 27.7 Å². The molecule has 7 heteroatoms. The summed E-state index contributed by atoms with van der Waals surface area (Å²) in [6.07, 6.45) is 5.21. The van der Waals surface area contributed by atoms with Crippen LogP contribution in [0.3, 0.4) is 0 Å². The summed E-state index contributed by atoms with van der Waals surface area (Å²) in [5.41, 5.74) is 8.75. The number of nitrogens with two attached hydrogens (primary N) is 1. The molecule has 1 saturated carbocycles. The van der Waals surface area contributed by atoms with E-state index in [1.54, 1.807) is 24.4 Å². The van der Waals surface area contributed by atoms with Crippen molar-refractivity contribution in [2.75, 3.05) is 5.32 Å². The van der Waals surface area contributed by atoms with Gasteiger partial charge in [0.25, 0.3) is 0 Å². The first-order valence-corrected chi connectivity index (χ1v) is 10.9. The lowest BCUT2D eigenvalue weighted by Crippen LogP contribution is -2.33. The molecule has 0 bridgehead atoms. The number of hydrogen-bond acceptors (Lipinski definition) is 5. The minimum atomic E-state index is -1.03. The number of phenolic OH excluding ortho intramolecular Hbond substituents is 1. The molecule has 2 aromatic carbocycles. The molecule has 0 amide bonds. The molecule has 0 saturated heterocycles. The number of carbonyl (C=O) groups is 1. The Balaban J connectivity index is 1.85.